The molecule has 0 spiro atoms. The van der Waals surface area contributed by atoms with E-state index >= 15 is 0 Å². The lowest BCUT2D eigenvalue weighted by molar-refractivity contribution is 0.511. The van der Waals surface area contributed by atoms with E-state index in [1.54, 1.807) is 5.30 Å². The Morgan fingerprint density at radius 2 is 1.68 bits per heavy atom. The maximum Gasteiger partial charge on any atom is -0.0169 e. The van der Waals surface area contributed by atoms with Gasteiger partial charge in [-0.05, 0) is 36.4 Å². The average Bonchev–Trinajstić information content (AvgIpc) is 2.49. The molecule has 19 heavy (non-hydrogen) atoms. The average molecular weight is 276 g/mol. The number of benzene rings is 1. The predicted octanol–water partition coefficient (Wildman–Crippen LogP) is 5.71. The van der Waals surface area contributed by atoms with Gasteiger partial charge in [-0.15, -0.1) is 0 Å². The van der Waals surface area contributed by atoms with Gasteiger partial charge in [0.15, 0.2) is 0 Å². The van der Waals surface area contributed by atoms with E-state index in [0.29, 0.717) is 0 Å². The van der Waals surface area contributed by atoms with Crippen molar-refractivity contribution >= 4 is 13.2 Å². The summed E-state index contributed by atoms with van der Waals surface area (Å²) in [6.07, 6.45) is 14.6. The highest BCUT2D eigenvalue weighted by Gasteiger charge is 2.23. The second kappa shape index (κ2) is 8.75. The van der Waals surface area contributed by atoms with E-state index in [1.165, 1.54) is 63.9 Å². The highest BCUT2D eigenvalue weighted by atomic mass is 31.1. The molecule has 2 rings (SSSR count). The maximum atomic E-state index is 2.39. The maximum absolute atomic E-state index is 2.39. The Balaban J connectivity index is 1.96. The van der Waals surface area contributed by atoms with Crippen molar-refractivity contribution in [2.45, 2.75) is 70.4 Å². The van der Waals surface area contributed by atoms with Crippen LogP contribution in [0.3, 0.4) is 0 Å². The second-order valence-corrected chi connectivity index (χ2v) is 8.51. The van der Waals surface area contributed by atoms with Crippen LogP contribution in [0.2, 0.25) is 0 Å². The molecule has 1 unspecified atom stereocenters. The predicted molar refractivity (Wildman–Crippen MR) is 88.9 cm³/mol. The molecule has 1 fully saturated rings. The van der Waals surface area contributed by atoms with Crippen molar-refractivity contribution in [2.24, 2.45) is 0 Å². The van der Waals surface area contributed by atoms with Crippen LogP contribution >= 0.6 is 7.92 Å². The van der Waals surface area contributed by atoms with Gasteiger partial charge in [0.05, 0.1) is 0 Å². The lowest BCUT2D eigenvalue weighted by atomic mass is 10.0. The summed E-state index contributed by atoms with van der Waals surface area (Å²) in [5.74, 6) is 0. The minimum atomic E-state index is 0.109. The van der Waals surface area contributed by atoms with Gasteiger partial charge in [0.2, 0.25) is 0 Å². The van der Waals surface area contributed by atoms with Crippen molar-refractivity contribution in [1.29, 1.82) is 0 Å². The van der Waals surface area contributed by atoms with Crippen LogP contribution in [0.15, 0.2) is 30.3 Å². The molecule has 0 bridgehead atoms. The van der Waals surface area contributed by atoms with Crippen LogP contribution in [-0.2, 0) is 0 Å². The van der Waals surface area contributed by atoms with Gasteiger partial charge in [0.1, 0.15) is 0 Å². The van der Waals surface area contributed by atoms with Crippen molar-refractivity contribution in [3.8, 4) is 0 Å². The lowest BCUT2D eigenvalue weighted by Crippen LogP contribution is -2.18. The zero-order valence-electron chi connectivity index (χ0n) is 12.5. The number of rotatable bonds is 7. The van der Waals surface area contributed by atoms with E-state index < -0.39 is 0 Å². The number of unbranched alkanes of at least 4 members (excludes halogenated alkanes) is 3. The Morgan fingerprint density at radius 3 is 2.37 bits per heavy atom. The summed E-state index contributed by atoms with van der Waals surface area (Å²) in [7, 11) is 0.109. The zero-order valence-corrected chi connectivity index (χ0v) is 13.4. The van der Waals surface area contributed by atoms with Crippen LogP contribution in [0.25, 0.3) is 0 Å². The molecule has 0 aromatic heterocycles. The molecule has 1 aliphatic rings. The Labute approximate surface area is 120 Å². The number of hydrogen-bond acceptors (Lipinski definition) is 0. The highest BCUT2D eigenvalue weighted by Crippen LogP contribution is 2.47. The molecule has 1 atom stereocenters. The van der Waals surface area contributed by atoms with Crippen LogP contribution in [0.5, 0.6) is 0 Å². The summed E-state index contributed by atoms with van der Waals surface area (Å²) < 4.78 is 0. The van der Waals surface area contributed by atoms with Gasteiger partial charge in [-0.25, -0.2) is 0 Å². The van der Waals surface area contributed by atoms with Gasteiger partial charge in [-0.1, -0.05) is 83.7 Å². The summed E-state index contributed by atoms with van der Waals surface area (Å²) in [5, 5.41) is 1.67. The van der Waals surface area contributed by atoms with Gasteiger partial charge in [-0.2, -0.15) is 0 Å². The van der Waals surface area contributed by atoms with Gasteiger partial charge < -0.3 is 0 Å². The summed E-state index contributed by atoms with van der Waals surface area (Å²) in [6, 6.07) is 11.4. The van der Waals surface area contributed by atoms with E-state index in [4.69, 9.17) is 0 Å². The van der Waals surface area contributed by atoms with E-state index in [-0.39, 0.29) is 7.92 Å². The van der Waals surface area contributed by atoms with Crippen molar-refractivity contribution in [3.63, 3.8) is 0 Å². The smallest absolute Gasteiger partial charge is 0.0169 e. The lowest BCUT2D eigenvalue weighted by Gasteiger charge is -2.31. The van der Waals surface area contributed by atoms with Crippen LogP contribution in [0.4, 0.5) is 0 Å². The third-order valence-corrected chi connectivity index (χ3v) is 7.51. The molecule has 0 amide bonds. The molecule has 106 valence electrons. The van der Waals surface area contributed by atoms with E-state index in [1.807, 2.05) is 0 Å². The van der Waals surface area contributed by atoms with E-state index in [9.17, 15) is 0 Å². The van der Waals surface area contributed by atoms with Crippen molar-refractivity contribution in [2.75, 3.05) is 6.16 Å². The molecule has 0 aliphatic heterocycles. The molecule has 0 nitrogen and oxygen atoms in total. The summed E-state index contributed by atoms with van der Waals surface area (Å²) in [5.41, 5.74) is 1.02. The van der Waals surface area contributed by atoms with Gasteiger partial charge in [0.25, 0.3) is 0 Å². The van der Waals surface area contributed by atoms with Gasteiger partial charge in [0, 0.05) is 0 Å². The van der Waals surface area contributed by atoms with Crippen LogP contribution < -0.4 is 5.30 Å². The van der Waals surface area contributed by atoms with Gasteiger partial charge in [-0.3, -0.25) is 0 Å². The largest absolute Gasteiger partial charge is 0.0721 e. The third-order valence-electron chi connectivity index (χ3n) is 4.36. The SMILES string of the molecule is CCCCCCP(c1ccccc1)C1CCCCC1. The molecule has 0 heterocycles. The van der Waals surface area contributed by atoms with Crippen LogP contribution in [0, 0.1) is 0 Å². The first-order chi connectivity index (χ1) is 9.42. The quantitative estimate of drug-likeness (QED) is 0.442. The molecule has 0 radical (unpaired) electrons. The fourth-order valence-electron chi connectivity index (χ4n) is 3.24. The molecule has 0 N–H and O–H groups in total. The Bertz CT molecular complexity index is 327. The third kappa shape index (κ3) is 4.92. The van der Waals surface area contributed by atoms with Crippen molar-refractivity contribution in [3.05, 3.63) is 30.3 Å². The minimum absolute atomic E-state index is 0.109. The molecule has 0 saturated heterocycles. The van der Waals surface area contributed by atoms with Crippen LogP contribution in [-0.4, -0.2) is 11.8 Å². The molecular weight excluding hydrogens is 247 g/mol. The summed E-state index contributed by atoms with van der Waals surface area (Å²) in [4.78, 5) is 0. The Kier molecular flexibility index (Phi) is 6.93. The van der Waals surface area contributed by atoms with E-state index in [2.05, 4.69) is 37.3 Å². The second-order valence-electron chi connectivity index (χ2n) is 5.88. The van der Waals surface area contributed by atoms with Crippen molar-refractivity contribution < 1.29 is 0 Å². The Hall–Kier alpha value is -0.350. The first-order valence-electron chi connectivity index (χ1n) is 8.23. The normalized spacial score (nSPS) is 18.4. The van der Waals surface area contributed by atoms with E-state index in [0.717, 1.165) is 5.66 Å². The molecule has 1 heteroatoms. The molecule has 1 saturated carbocycles. The number of hydrogen-bond donors (Lipinski definition) is 0. The molecule has 1 aromatic rings. The fraction of sp³-hybridized carbons (Fsp3) is 0.667. The molecular formula is C18H29P. The monoisotopic (exact) mass is 276 g/mol. The summed E-state index contributed by atoms with van der Waals surface area (Å²) in [6.45, 7) is 2.31. The van der Waals surface area contributed by atoms with Crippen LogP contribution in [0.1, 0.15) is 64.7 Å². The zero-order chi connectivity index (χ0) is 13.3. The first-order valence-corrected chi connectivity index (χ1v) is 9.83. The first kappa shape index (κ1) is 15.0. The summed E-state index contributed by atoms with van der Waals surface area (Å²) >= 11 is 0. The molecule has 1 aromatic carbocycles. The highest BCUT2D eigenvalue weighted by molar-refractivity contribution is 7.66. The Morgan fingerprint density at radius 1 is 0.947 bits per heavy atom. The minimum Gasteiger partial charge on any atom is -0.0721 e. The van der Waals surface area contributed by atoms with Crippen molar-refractivity contribution in [1.82, 2.24) is 0 Å². The standard InChI is InChI=1S/C18H29P/c1-2-3-4-11-16-19(17-12-7-5-8-13-17)18-14-9-6-10-15-18/h5,7-8,12-13,18H,2-4,6,9-11,14-16H2,1H3. The fourth-order valence-corrected chi connectivity index (χ4v) is 6.40. The topological polar surface area (TPSA) is 0 Å². The van der Waals surface area contributed by atoms with Gasteiger partial charge >= 0.3 is 0 Å². The molecule has 1 aliphatic carbocycles.